The molecule has 144 valence electrons. The van der Waals surface area contributed by atoms with E-state index in [-0.39, 0.29) is 24.1 Å². The molecule has 0 radical (unpaired) electrons. The predicted octanol–water partition coefficient (Wildman–Crippen LogP) is 0.230. The van der Waals surface area contributed by atoms with Crippen LogP contribution in [0.1, 0.15) is 32.1 Å². The van der Waals surface area contributed by atoms with Gasteiger partial charge in [-0.2, -0.15) is 0 Å². The van der Waals surface area contributed by atoms with Crippen molar-refractivity contribution in [3.63, 3.8) is 0 Å². The van der Waals surface area contributed by atoms with Crippen molar-refractivity contribution >= 4 is 21.8 Å². The molecule has 2 rings (SSSR count). The number of hydrogen-bond acceptors (Lipinski definition) is 6. The van der Waals surface area contributed by atoms with Crippen molar-refractivity contribution in [2.45, 2.75) is 32.1 Å². The molecule has 2 amide bonds. The second kappa shape index (κ2) is 9.61. The minimum atomic E-state index is -3.46. The Hall–Kier alpha value is -1.03. The van der Waals surface area contributed by atoms with Crippen LogP contribution in [-0.2, 0) is 29.1 Å². The minimum absolute atomic E-state index is 0.0416. The Balaban J connectivity index is 1.75. The Kier molecular flexibility index (Phi) is 7.80. The number of methoxy groups -OCH3 is 1. The largest absolute Gasteiger partial charge is 0.382 e. The summed E-state index contributed by atoms with van der Waals surface area (Å²) in [7, 11) is -1.83. The number of ether oxygens (including phenoxy) is 2. The zero-order valence-corrected chi connectivity index (χ0v) is 15.6. The van der Waals surface area contributed by atoms with E-state index < -0.39 is 10.0 Å². The summed E-state index contributed by atoms with van der Waals surface area (Å²) in [5, 5.41) is 0. The van der Waals surface area contributed by atoms with E-state index in [0.29, 0.717) is 58.1 Å². The van der Waals surface area contributed by atoms with Gasteiger partial charge in [-0.25, -0.2) is 12.7 Å². The highest BCUT2D eigenvalue weighted by molar-refractivity contribution is 7.89. The molecule has 0 aliphatic carbocycles. The van der Waals surface area contributed by atoms with Crippen molar-refractivity contribution in [2.24, 2.45) is 5.92 Å². The minimum Gasteiger partial charge on any atom is -0.382 e. The SMILES string of the molecule is COCCOCC1CCN(S(=O)(=O)CCN2C(=O)CCCC2=O)CC1. The van der Waals surface area contributed by atoms with Crippen LogP contribution < -0.4 is 0 Å². The van der Waals surface area contributed by atoms with Crippen LogP contribution in [0.15, 0.2) is 0 Å². The van der Waals surface area contributed by atoms with Gasteiger partial charge in [0.15, 0.2) is 0 Å². The molecule has 2 saturated heterocycles. The number of hydrogen-bond donors (Lipinski definition) is 0. The Morgan fingerprint density at radius 2 is 1.72 bits per heavy atom. The lowest BCUT2D eigenvalue weighted by Crippen LogP contribution is -2.46. The fourth-order valence-electron chi connectivity index (χ4n) is 3.13. The first-order valence-corrected chi connectivity index (χ1v) is 10.4. The number of amides is 2. The maximum Gasteiger partial charge on any atom is 0.229 e. The van der Waals surface area contributed by atoms with Crippen LogP contribution in [0.4, 0.5) is 0 Å². The Labute approximate surface area is 149 Å². The number of imide groups is 1. The number of likely N-dealkylation sites (tertiary alicyclic amines) is 1. The molecule has 0 aromatic heterocycles. The molecule has 25 heavy (non-hydrogen) atoms. The van der Waals surface area contributed by atoms with Crippen molar-refractivity contribution in [1.29, 1.82) is 0 Å². The number of nitrogens with zero attached hydrogens (tertiary/aromatic N) is 2. The van der Waals surface area contributed by atoms with Crippen LogP contribution in [0.5, 0.6) is 0 Å². The molecular weight excluding hydrogens is 348 g/mol. The summed E-state index contributed by atoms with van der Waals surface area (Å²) < 4.78 is 36.9. The van der Waals surface area contributed by atoms with E-state index in [9.17, 15) is 18.0 Å². The van der Waals surface area contributed by atoms with E-state index >= 15 is 0 Å². The molecule has 0 aromatic rings. The lowest BCUT2D eigenvalue weighted by molar-refractivity contribution is -0.147. The van der Waals surface area contributed by atoms with E-state index in [4.69, 9.17) is 9.47 Å². The lowest BCUT2D eigenvalue weighted by Gasteiger charge is -2.32. The smallest absolute Gasteiger partial charge is 0.229 e. The topological polar surface area (TPSA) is 93.2 Å². The first-order valence-electron chi connectivity index (χ1n) is 8.81. The summed E-state index contributed by atoms with van der Waals surface area (Å²) in [5.74, 6) is -0.371. The molecule has 9 heteroatoms. The molecular formula is C16H28N2O6S. The third kappa shape index (κ3) is 6.02. The van der Waals surface area contributed by atoms with Gasteiger partial charge in [0.05, 0.1) is 19.0 Å². The Morgan fingerprint density at radius 1 is 1.08 bits per heavy atom. The average molecular weight is 376 g/mol. The highest BCUT2D eigenvalue weighted by Crippen LogP contribution is 2.21. The third-order valence-corrected chi connectivity index (χ3v) is 6.56. The molecule has 0 bridgehead atoms. The van der Waals surface area contributed by atoms with Gasteiger partial charge in [0.25, 0.3) is 0 Å². The molecule has 2 fully saturated rings. The van der Waals surface area contributed by atoms with Crippen LogP contribution in [0.3, 0.4) is 0 Å². The second-order valence-electron chi connectivity index (χ2n) is 6.52. The molecule has 2 heterocycles. The van der Waals surface area contributed by atoms with Crippen LogP contribution in [0.2, 0.25) is 0 Å². The quantitative estimate of drug-likeness (QED) is 0.422. The van der Waals surface area contributed by atoms with Gasteiger partial charge in [0.1, 0.15) is 0 Å². The first-order chi connectivity index (χ1) is 11.9. The zero-order chi connectivity index (χ0) is 18.3. The van der Waals surface area contributed by atoms with Crippen LogP contribution >= 0.6 is 0 Å². The molecule has 0 N–H and O–H groups in total. The standard InChI is InChI=1S/C16H28N2O6S/c1-23-10-11-24-13-14-5-7-17(8-6-14)25(21,22)12-9-18-15(19)3-2-4-16(18)20/h14H,2-13H2,1H3. The monoisotopic (exact) mass is 376 g/mol. The zero-order valence-electron chi connectivity index (χ0n) is 14.8. The van der Waals surface area contributed by atoms with E-state index in [2.05, 4.69) is 0 Å². The number of piperidine rings is 2. The van der Waals surface area contributed by atoms with Crippen LogP contribution in [-0.4, -0.2) is 81.8 Å². The molecule has 8 nitrogen and oxygen atoms in total. The normalized spacial score (nSPS) is 21.1. The summed E-state index contributed by atoms with van der Waals surface area (Å²) in [6.07, 6.45) is 2.71. The van der Waals surface area contributed by atoms with Gasteiger partial charge in [0.2, 0.25) is 21.8 Å². The van der Waals surface area contributed by atoms with Crippen LogP contribution in [0.25, 0.3) is 0 Å². The van der Waals surface area contributed by atoms with Gasteiger partial charge in [-0.3, -0.25) is 14.5 Å². The van der Waals surface area contributed by atoms with Gasteiger partial charge >= 0.3 is 0 Å². The molecule has 2 aliphatic heterocycles. The van der Waals surface area contributed by atoms with Gasteiger partial charge in [-0.15, -0.1) is 0 Å². The Bertz CT molecular complexity index is 541. The fraction of sp³-hybridized carbons (Fsp3) is 0.875. The summed E-state index contributed by atoms with van der Waals surface area (Å²) in [5.41, 5.74) is 0. The summed E-state index contributed by atoms with van der Waals surface area (Å²) in [4.78, 5) is 24.6. The van der Waals surface area contributed by atoms with Crippen molar-refractivity contribution in [3.8, 4) is 0 Å². The van der Waals surface area contributed by atoms with Gasteiger partial charge in [-0.05, 0) is 25.2 Å². The van der Waals surface area contributed by atoms with Gasteiger partial charge in [-0.1, -0.05) is 0 Å². The van der Waals surface area contributed by atoms with E-state index in [1.54, 1.807) is 7.11 Å². The summed E-state index contributed by atoms with van der Waals surface area (Å²) >= 11 is 0. The highest BCUT2D eigenvalue weighted by Gasteiger charge is 2.31. The van der Waals surface area contributed by atoms with Crippen molar-refractivity contribution in [2.75, 3.05) is 52.3 Å². The van der Waals surface area contributed by atoms with Crippen molar-refractivity contribution in [1.82, 2.24) is 9.21 Å². The third-order valence-electron chi connectivity index (χ3n) is 4.71. The fourth-order valence-corrected chi connectivity index (χ4v) is 4.57. The Morgan fingerprint density at radius 3 is 2.32 bits per heavy atom. The molecule has 0 atom stereocenters. The number of carbonyl (C=O) groups excluding carboxylic acids is 2. The average Bonchev–Trinajstić information content (AvgIpc) is 2.59. The molecule has 0 aromatic carbocycles. The number of carbonyl (C=O) groups is 2. The number of sulfonamides is 1. The second-order valence-corrected chi connectivity index (χ2v) is 8.61. The molecule has 0 spiro atoms. The van der Waals surface area contributed by atoms with Crippen molar-refractivity contribution in [3.05, 3.63) is 0 Å². The maximum absolute atomic E-state index is 12.5. The van der Waals surface area contributed by atoms with E-state index in [0.717, 1.165) is 17.7 Å². The lowest BCUT2D eigenvalue weighted by atomic mass is 9.99. The summed E-state index contributed by atoms with van der Waals surface area (Å²) in [6, 6.07) is 0. The highest BCUT2D eigenvalue weighted by atomic mass is 32.2. The maximum atomic E-state index is 12.5. The van der Waals surface area contributed by atoms with E-state index in [1.807, 2.05) is 0 Å². The summed E-state index contributed by atoms with van der Waals surface area (Å²) in [6.45, 7) is 2.60. The molecule has 2 aliphatic rings. The van der Waals surface area contributed by atoms with E-state index in [1.165, 1.54) is 4.31 Å². The first kappa shape index (κ1) is 20.3. The van der Waals surface area contributed by atoms with Gasteiger partial charge < -0.3 is 9.47 Å². The molecule has 0 unspecified atom stereocenters. The van der Waals surface area contributed by atoms with Gasteiger partial charge in [0, 0.05) is 46.2 Å². The van der Waals surface area contributed by atoms with Crippen LogP contribution in [0, 0.1) is 5.92 Å². The molecule has 0 saturated carbocycles. The van der Waals surface area contributed by atoms with Crippen molar-refractivity contribution < 1.29 is 27.5 Å². The number of rotatable bonds is 9. The predicted molar refractivity (Wildman–Crippen MR) is 91.3 cm³/mol.